The Morgan fingerprint density at radius 3 is 1.89 bits per heavy atom. The number of rotatable bonds is 18. The summed E-state index contributed by atoms with van der Waals surface area (Å²) in [5, 5.41) is 9.98. The first-order valence-electron chi connectivity index (χ1n) is 17.3. The van der Waals surface area contributed by atoms with Crippen molar-refractivity contribution >= 4 is 108 Å². The topological polar surface area (TPSA) is 407 Å². The summed E-state index contributed by atoms with van der Waals surface area (Å²) in [5.41, 5.74) is 0.619. The molecule has 66 heavy (non-hydrogen) atoms. The van der Waals surface area contributed by atoms with E-state index >= 15 is 0 Å². The summed E-state index contributed by atoms with van der Waals surface area (Å²) in [7, 11) is -20.9. The SMILES string of the molecule is COc1cc(N/N=C2/C(=O)c3ccc(Nc4nc(F)nc(N(C)CCS(=O)(=O)CCS(=O)(=O)O)n4)c(S(=O)(=O)O)c3C=C2S(=O)(=O)O)c(N/N=C2\C=C(S(=O)(=O)O)C=CC2=O)cc1OC.[Cu]. The zero-order valence-electron chi connectivity index (χ0n) is 33.4. The number of aromatic nitrogens is 3. The third-order valence-corrected chi connectivity index (χ3v) is 13.9. The molecule has 1 aromatic heterocycles. The molecule has 0 saturated heterocycles. The standard InChI is InChI=1S/C32H32FN9O18S5.Cu/c1-42(8-9-61(45,46)10-11-62(47,48)49)32-36-30(33)35-31(37-32)34-19-6-5-17-18(29(19)65(56,57)58)13-26(64(53,54)55)27(28(17)44)41-39-21-15-25(60-3)24(59-2)14-20(21)38-40-22-12-16(63(50,51)52)4-7-23(22)43;/h4-7,12-15,38-39H,8-11H2,1-3H3,(H,47,48,49)(H,50,51,52)(H,53,54,55)(H,56,57,58)(H,34,35,36,37);/b40-22+,41-27+;. The van der Waals surface area contributed by atoms with Gasteiger partial charge in [-0.25, -0.2) is 8.42 Å². The number of allylic oxidation sites excluding steroid dienone is 4. The van der Waals surface area contributed by atoms with Crippen LogP contribution in [0.3, 0.4) is 0 Å². The number of ether oxygens (including phenoxy) is 2. The molecule has 0 aliphatic heterocycles. The van der Waals surface area contributed by atoms with Crippen molar-refractivity contribution in [2.24, 2.45) is 10.2 Å². The maximum atomic E-state index is 14.7. The minimum Gasteiger partial charge on any atom is -0.493 e. The number of nitrogens with one attached hydrogen (secondary N) is 3. The molecule has 1 heterocycles. The van der Waals surface area contributed by atoms with E-state index in [2.05, 4.69) is 41.3 Å². The molecule has 0 amide bonds. The van der Waals surface area contributed by atoms with Crippen LogP contribution in [0.25, 0.3) is 6.08 Å². The number of anilines is 5. The largest absolute Gasteiger partial charge is 0.493 e. The van der Waals surface area contributed by atoms with Crippen LogP contribution in [0.4, 0.5) is 33.3 Å². The van der Waals surface area contributed by atoms with Gasteiger partial charge < -0.3 is 19.7 Å². The van der Waals surface area contributed by atoms with Gasteiger partial charge in [-0.3, -0.25) is 38.7 Å². The average molecular weight is 1070 g/mol. The van der Waals surface area contributed by atoms with Crippen LogP contribution in [0.15, 0.2) is 67.4 Å². The van der Waals surface area contributed by atoms with Crippen LogP contribution in [0.2, 0.25) is 0 Å². The van der Waals surface area contributed by atoms with Crippen LogP contribution in [-0.4, -0.2) is 143 Å². The van der Waals surface area contributed by atoms with Crippen LogP contribution in [0.1, 0.15) is 15.9 Å². The minimum absolute atomic E-state index is 0. The summed E-state index contributed by atoms with van der Waals surface area (Å²) >= 11 is 0. The normalized spacial score (nSPS) is 15.6. The Kier molecular flexibility index (Phi) is 16.0. The molecule has 0 saturated carbocycles. The van der Waals surface area contributed by atoms with E-state index in [1.807, 2.05) is 0 Å². The summed E-state index contributed by atoms with van der Waals surface area (Å²) in [5.74, 6) is -6.29. The summed E-state index contributed by atoms with van der Waals surface area (Å²) in [6, 6.07) is 4.13. The van der Waals surface area contributed by atoms with E-state index in [1.54, 1.807) is 0 Å². The number of benzene rings is 2. The third kappa shape index (κ3) is 13.0. The maximum absolute atomic E-state index is 14.7. The van der Waals surface area contributed by atoms with Crippen molar-refractivity contribution < 1.29 is 101 Å². The van der Waals surface area contributed by atoms with Gasteiger partial charge in [0.25, 0.3) is 40.5 Å². The van der Waals surface area contributed by atoms with E-state index in [4.69, 9.17) is 14.0 Å². The van der Waals surface area contributed by atoms with Gasteiger partial charge in [-0.1, -0.05) is 0 Å². The first kappa shape index (κ1) is 52.8. The third-order valence-electron chi connectivity index (χ3n) is 8.61. The van der Waals surface area contributed by atoms with Crippen LogP contribution < -0.4 is 30.5 Å². The molecule has 0 unspecified atom stereocenters. The number of sulfone groups is 1. The number of halogens is 1. The number of ketones is 2. The molecule has 34 heteroatoms. The number of carbonyl (C=O) groups is 2. The van der Waals surface area contributed by atoms with E-state index in [-0.39, 0.29) is 39.9 Å². The molecule has 2 aliphatic carbocycles. The molecule has 5 rings (SSSR count). The molecule has 3 aromatic rings. The fourth-order valence-electron chi connectivity index (χ4n) is 5.50. The Hall–Kier alpha value is -5.81. The molecule has 361 valence electrons. The fourth-order valence-corrected chi connectivity index (χ4v) is 10.1. The van der Waals surface area contributed by atoms with E-state index in [0.717, 1.165) is 35.3 Å². The van der Waals surface area contributed by atoms with Crippen molar-refractivity contribution in [2.45, 2.75) is 4.90 Å². The average Bonchev–Trinajstić information content (AvgIpc) is 3.19. The van der Waals surface area contributed by atoms with Crippen LogP contribution in [0, 0.1) is 6.08 Å². The van der Waals surface area contributed by atoms with E-state index in [1.165, 1.54) is 33.4 Å². The van der Waals surface area contributed by atoms with Crippen molar-refractivity contribution in [2.75, 3.05) is 66.1 Å². The molecule has 2 aliphatic rings. The van der Waals surface area contributed by atoms with Crippen LogP contribution in [0.5, 0.6) is 11.5 Å². The predicted molar refractivity (Wildman–Crippen MR) is 227 cm³/mol. The number of hydrogen-bond donors (Lipinski definition) is 7. The zero-order chi connectivity index (χ0) is 48.4. The van der Waals surface area contributed by atoms with Crippen molar-refractivity contribution in [3.63, 3.8) is 0 Å². The van der Waals surface area contributed by atoms with E-state index < -0.39 is 147 Å². The monoisotopic (exact) mass is 1070 g/mol. The number of fused-ring (bicyclic) bond motifs is 1. The van der Waals surface area contributed by atoms with Gasteiger partial charge in [0.15, 0.2) is 27.0 Å². The van der Waals surface area contributed by atoms with E-state index in [9.17, 15) is 69.7 Å². The molecule has 1 radical (unpaired) electrons. The Balaban J connectivity index is 0.00000952. The molecule has 0 bridgehead atoms. The summed E-state index contributed by atoms with van der Waals surface area (Å²) < 4.78 is 185. The number of hydrogen-bond acceptors (Lipinski definition) is 23. The fraction of sp³-hybridized carbons (Fsp3) is 0.219. The van der Waals surface area contributed by atoms with Gasteiger partial charge in [0, 0.05) is 53.9 Å². The Morgan fingerprint density at radius 2 is 1.35 bits per heavy atom. The summed E-state index contributed by atoms with van der Waals surface area (Å²) in [6.07, 6.45) is 1.31. The van der Waals surface area contributed by atoms with Gasteiger partial charge in [0.1, 0.15) is 15.5 Å². The second kappa shape index (κ2) is 20.0. The Bertz CT molecular complexity index is 3260. The van der Waals surface area contributed by atoms with Gasteiger partial charge in [0.05, 0.1) is 53.4 Å². The van der Waals surface area contributed by atoms with Crippen molar-refractivity contribution in [3.8, 4) is 11.5 Å². The second-order valence-electron chi connectivity index (χ2n) is 13.1. The molecule has 0 spiro atoms. The minimum atomic E-state index is -5.52. The Morgan fingerprint density at radius 1 is 0.742 bits per heavy atom. The molecule has 7 N–H and O–H groups in total. The molecule has 0 fully saturated rings. The number of nitrogens with zero attached hydrogens (tertiary/aromatic N) is 6. The zero-order valence-corrected chi connectivity index (χ0v) is 38.4. The predicted octanol–water partition coefficient (Wildman–Crippen LogP) is 0.326. The smallest absolute Gasteiger partial charge is 0.315 e. The molecule has 2 aromatic carbocycles. The van der Waals surface area contributed by atoms with Crippen LogP contribution in [-0.2, 0) is 72.2 Å². The van der Waals surface area contributed by atoms with Crippen LogP contribution >= 0.6 is 0 Å². The Labute approximate surface area is 384 Å². The summed E-state index contributed by atoms with van der Waals surface area (Å²) in [4.78, 5) is 34.8. The van der Waals surface area contributed by atoms with E-state index in [0.29, 0.717) is 6.08 Å². The first-order valence-corrected chi connectivity index (χ1v) is 25.1. The van der Waals surface area contributed by atoms with Gasteiger partial charge in [0.2, 0.25) is 23.5 Å². The van der Waals surface area contributed by atoms with Crippen molar-refractivity contribution in [3.05, 3.63) is 69.5 Å². The quantitative estimate of drug-likeness (QED) is 0.0390. The first-order chi connectivity index (χ1) is 30.0. The molecule has 27 nitrogen and oxygen atoms in total. The number of methoxy groups -OCH3 is 2. The molecule has 0 atom stereocenters. The molecular weight excluding hydrogens is 1040 g/mol. The van der Waals surface area contributed by atoms with Gasteiger partial charge in [-0.15, -0.1) is 0 Å². The number of hydrazone groups is 2. The number of Topliss-reactive ketones (excluding diaryl/α,β-unsaturated/α-hetero) is 1. The van der Waals surface area contributed by atoms with Crippen molar-refractivity contribution in [1.29, 1.82) is 0 Å². The molecular formula is C32H32CuFN9O18S5. The number of carbonyl (C=O) groups excluding carboxylic acids is 2. The van der Waals surface area contributed by atoms with Gasteiger partial charge >= 0.3 is 6.08 Å². The van der Waals surface area contributed by atoms with Crippen molar-refractivity contribution in [1.82, 2.24) is 15.0 Å². The van der Waals surface area contributed by atoms with Gasteiger partial charge in [-0.2, -0.15) is 63.2 Å². The summed E-state index contributed by atoms with van der Waals surface area (Å²) in [6.45, 7) is -0.467. The maximum Gasteiger partial charge on any atom is 0.315 e. The second-order valence-corrected chi connectivity index (χ2v) is 21.1. The van der Waals surface area contributed by atoms with Gasteiger partial charge in [-0.05, 0) is 36.4 Å².